The van der Waals surface area contributed by atoms with Gasteiger partial charge in [0.2, 0.25) is 23.6 Å². The molecule has 2 aromatic rings. The summed E-state index contributed by atoms with van der Waals surface area (Å²) in [5.41, 5.74) is 0.498. The number of amides is 4. The number of carbonyl (C=O) groups is 4. The second-order valence-corrected chi connectivity index (χ2v) is 7.89. The fraction of sp³-hybridized carbons (Fsp3) is 0.292. The zero-order valence-electron chi connectivity index (χ0n) is 18.4. The van der Waals surface area contributed by atoms with Gasteiger partial charge in [0.15, 0.2) is 11.6 Å². The number of hydrogen-bond acceptors (Lipinski definition) is 6. The molecule has 3 heterocycles. The molecule has 34 heavy (non-hydrogen) atoms. The molecule has 1 aromatic carbocycles. The Bertz CT molecular complexity index is 1110. The van der Waals surface area contributed by atoms with E-state index in [0.717, 1.165) is 4.90 Å². The third-order valence-corrected chi connectivity index (χ3v) is 5.63. The smallest absolute Gasteiger partial charge is 0.246 e. The predicted octanol–water partition coefficient (Wildman–Crippen LogP) is 1.85. The molecule has 0 radical (unpaired) electrons. The minimum atomic E-state index is -0.569. The van der Waals surface area contributed by atoms with E-state index in [-0.39, 0.29) is 48.8 Å². The highest BCUT2D eigenvalue weighted by atomic mass is 19.1. The molecule has 9 nitrogen and oxygen atoms in total. The Morgan fingerprint density at radius 3 is 2.38 bits per heavy atom. The van der Waals surface area contributed by atoms with Crippen molar-refractivity contribution in [2.24, 2.45) is 0 Å². The van der Waals surface area contributed by atoms with Crippen LogP contribution < -0.4 is 4.74 Å². The first kappa shape index (κ1) is 23.1. The molecule has 2 fully saturated rings. The Morgan fingerprint density at radius 2 is 1.74 bits per heavy atom. The minimum absolute atomic E-state index is 0.0506. The number of ether oxygens (including phenoxy) is 1. The van der Waals surface area contributed by atoms with Crippen LogP contribution in [0.25, 0.3) is 6.08 Å². The Kier molecular flexibility index (Phi) is 6.95. The zero-order valence-corrected chi connectivity index (χ0v) is 18.4. The Morgan fingerprint density at radius 1 is 1.03 bits per heavy atom. The standard InChI is InChI=1S/C24H23FN4O5/c25-19-14-17(3-5-20(19)34-18-2-1-9-26-15-18)4-6-21(30)27-10-12-28(13-11-27)24(33)16-29-22(31)7-8-23(29)32/h1-6,9,14-15H,7-8,10-13,16H2/b6-4+. The van der Waals surface area contributed by atoms with Gasteiger partial charge in [-0.15, -0.1) is 0 Å². The maximum atomic E-state index is 14.4. The number of rotatable bonds is 6. The van der Waals surface area contributed by atoms with Gasteiger partial charge in [-0.2, -0.15) is 0 Å². The average Bonchev–Trinajstić information content (AvgIpc) is 3.17. The lowest BCUT2D eigenvalue weighted by Crippen LogP contribution is -2.52. The first-order valence-electron chi connectivity index (χ1n) is 10.9. The van der Waals surface area contributed by atoms with Crippen LogP contribution in [0.15, 0.2) is 48.8 Å². The van der Waals surface area contributed by atoms with Crippen LogP contribution >= 0.6 is 0 Å². The zero-order chi connectivity index (χ0) is 24.1. The quantitative estimate of drug-likeness (QED) is 0.476. The summed E-state index contributed by atoms with van der Waals surface area (Å²) in [5.74, 6) is -1.33. The van der Waals surface area contributed by atoms with Gasteiger partial charge in [0.25, 0.3) is 0 Å². The predicted molar refractivity (Wildman–Crippen MR) is 119 cm³/mol. The van der Waals surface area contributed by atoms with E-state index in [1.54, 1.807) is 34.2 Å². The third kappa shape index (κ3) is 5.45. The van der Waals surface area contributed by atoms with E-state index in [1.165, 1.54) is 30.5 Å². The van der Waals surface area contributed by atoms with Crippen LogP contribution in [0.5, 0.6) is 11.5 Å². The van der Waals surface area contributed by atoms with Crippen molar-refractivity contribution < 1.29 is 28.3 Å². The SMILES string of the molecule is O=C(/C=C/c1ccc(Oc2cccnc2)c(F)c1)N1CCN(C(=O)CN2C(=O)CCC2=O)CC1. The van der Waals surface area contributed by atoms with Crippen molar-refractivity contribution in [3.63, 3.8) is 0 Å². The van der Waals surface area contributed by atoms with Crippen LogP contribution in [0.3, 0.4) is 0 Å². The molecule has 0 atom stereocenters. The highest BCUT2D eigenvalue weighted by Crippen LogP contribution is 2.25. The molecule has 10 heteroatoms. The summed E-state index contributed by atoms with van der Waals surface area (Å²) in [6.45, 7) is 1.01. The second kappa shape index (κ2) is 10.2. The van der Waals surface area contributed by atoms with Gasteiger partial charge in [-0.3, -0.25) is 29.1 Å². The average molecular weight is 466 g/mol. The Labute approximate surface area is 195 Å². The first-order chi connectivity index (χ1) is 16.4. The summed E-state index contributed by atoms with van der Waals surface area (Å²) in [6, 6.07) is 7.73. The monoisotopic (exact) mass is 466 g/mol. The van der Waals surface area contributed by atoms with Crippen molar-refractivity contribution in [3.05, 3.63) is 60.2 Å². The van der Waals surface area contributed by atoms with Gasteiger partial charge in [0.05, 0.1) is 6.20 Å². The van der Waals surface area contributed by atoms with E-state index in [0.29, 0.717) is 37.5 Å². The first-order valence-corrected chi connectivity index (χ1v) is 10.9. The summed E-state index contributed by atoms with van der Waals surface area (Å²) in [5, 5.41) is 0. The summed E-state index contributed by atoms with van der Waals surface area (Å²) < 4.78 is 19.8. The van der Waals surface area contributed by atoms with Crippen LogP contribution in [0, 0.1) is 5.82 Å². The number of carbonyl (C=O) groups excluding carboxylic acids is 4. The number of pyridine rings is 1. The minimum Gasteiger partial charge on any atom is -0.453 e. The lowest BCUT2D eigenvalue weighted by molar-refractivity contribution is -0.146. The van der Waals surface area contributed by atoms with Crippen LogP contribution in [0.2, 0.25) is 0 Å². The molecule has 0 saturated carbocycles. The number of benzene rings is 1. The van der Waals surface area contributed by atoms with E-state index in [4.69, 9.17) is 4.74 Å². The van der Waals surface area contributed by atoms with Crippen molar-refractivity contribution in [1.29, 1.82) is 0 Å². The molecule has 0 aliphatic carbocycles. The highest BCUT2D eigenvalue weighted by Gasteiger charge is 2.32. The van der Waals surface area contributed by atoms with Gasteiger partial charge in [0, 0.05) is 51.3 Å². The Hall–Kier alpha value is -4.08. The molecule has 0 N–H and O–H groups in total. The fourth-order valence-electron chi connectivity index (χ4n) is 3.72. The van der Waals surface area contributed by atoms with E-state index in [9.17, 15) is 23.6 Å². The van der Waals surface area contributed by atoms with Gasteiger partial charge in [0.1, 0.15) is 12.3 Å². The van der Waals surface area contributed by atoms with Crippen molar-refractivity contribution >= 4 is 29.7 Å². The molecular weight excluding hydrogens is 443 g/mol. The molecule has 0 bridgehead atoms. The number of imide groups is 1. The molecule has 2 aliphatic rings. The molecule has 2 aliphatic heterocycles. The number of piperazine rings is 1. The van der Waals surface area contributed by atoms with E-state index in [1.807, 2.05) is 0 Å². The molecule has 0 spiro atoms. The molecule has 4 rings (SSSR count). The number of aromatic nitrogens is 1. The number of halogens is 1. The molecule has 4 amide bonds. The van der Waals surface area contributed by atoms with E-state index >= 15 is 0 Å². The topological polar surface area (TPSA) is 100 Å². The van der Waals surface area contributed by atoms with Crippen LogP contribution in [-0.2, 0) is 19.2 Å². The normalized spacial score (nSPS) is 16.4. The molecular formula is C24H23FN4O5. The highest BCUT2D eigenvalue weighted by molar-refractivity contribution is 6.04. The van der Waals surface area contributed by atoms with Crippen molar-refractivity contribution in [3.8, 4) is 11.5 Å². The van der Waals surface area contributed by atoms with Gasteiger partial charge in [-0.1, -0.05) is 6.07 Å². The van der Waals surface area contributed by atoms with Crippen molar-refractivity contribution in [2.75, 3.05) is 32.7 Å². The lowest BCUT2D eigenvalue weighted by atomic mass is 10.2. The summed E-state index contributed by atoms with van der Waals surface area (Å²) in [6.07, 6.45) is 6.22. The van der Waals surface area contributed by atoms with Gasteiger partial charge in [-0.05, 0) is 35.9 Å². The summed E-state index contributed by atoms with van der Waals surface area (Å²) in [7, 11) is 0. The maximum Gasteiger partial charge on any atom is 0.246 e. The van der Waals surface area contributed by atoms with Crippen molar-refractivity contribution in [2.45, 2.75) is 12.8 Å². The second-order valence-electron chi connectivity index (χ2n) is 7.89. The molecule has 176 valence electrons. The summed E-state index contributed by atoms with van der Waals surface area (Å²) in [4.78, 5) is 56.4. The van der Waals surface area contributed by atoms with E-state index < -0.39 is 5.82 Å². The fourth-order valence-corrected chi connectivity index (χ4v) is 3.72. The number of hydrogen-bond donors (Lipinski definition) is 0. The molecule has 1 aromatic heterocycles. The molecule has 0 unspecified atom stereocenters. The largest absolute Gasteiger partial charge is 0.453 e. The maximum absolute atomic E-state index is 14.4. The number of likely N-dealkylation sites (tertiary alicyclic amines) is 1. The lowest BCUT2D eigenvalue weighted by Gasteiger charge is -2.34. The van der Waals surface area contributed by atoms with Crippen LogP contribution in [0.1, 0.15) is 18.4 Å². The van der Waals surface area contributed by atoms with Crippen LogP contribution in [0.4, 0.5) is 4.39 Å². The van der Waals surface area contributed by atoms with E-state index in [2.05, 4.69) is 4.98 Å². The summed E-state index contributed by atoms with van der Waals surface area (Å²) >= 11 is 0. The Balaban J connectivity index is 1.28. The van der Waals surface area contributed by atoms with Gasteiger partial charge >= 0.3 is 0 Å². The van der Waals surface area contributed by atoms with Crippen molar-refractivity contribution in [1.82, 2.24) is 19.7 Å². The van der Waals surface area contributed by atoms with Crippen LogP contribution in [-0.4, -0.2) is 76.0 Å². The van der Waals surface area contributed by atoms with Gasteiger partial charge in [-0.25, -0.2) is 4.39 Å². The number of nitrogens with zero attached hydrogens (tertiary/aromatic N) is 4. The third-order valence-electron chi connectivity index (χ3n) is 5.63. The molecule has 2 saturated heterocycles. The van der Waals surface area contributed by atoms with Gasteiger partial charge < -0.3 is 14.5 Å².